The Labute approximate surface area is 206 Å². The highest BCUT2D eigenvalue weighted by Crippen LogP contribution is 2.30. The number of amides is 1. The van der Waals surface area contributed by atoms with Crippen LogP contribution in [-0.2, 0) is 11.3 Å². The number of nitrogens with zero attached hydrogens (tertiary/aromatic N) is 1. The minimum atomic E-state index is -0.579. The SMILES string of the molecule is O=C(CC(c1ccccc1)C(C(=O)NCc1ccccc1)[n+]1ccccc1)c1ccccc1.[Cl-]. The molecule has 0 aliphatic carbocycles. The largest absolute Gasteiger partial charge is 1.00 e. The molecule has 34 heavy (non-hydrogen) atoms. The molecule has 3 aromatic carbocycles. The highest BCUT2D eigenvalue weighted by atomic mass is 35.5. The lowest BCUT2D eigenvalue weighted by Gasteiger charge is -2.23. The number of carbonyl (C=O) groups excluding carboxylic acids is 2. The van der Waals surface area contributed by atoms with Crippen molar-refractivity contribution in [2.75, 3.05) is 0 Å². The normalized spacial score (nSPS) is 12.1. The summed E-state index contributed by atoms with van der Waals surface area (Å²) >= 11 is 0. The van der Waals surface area contributed by atoms with Crippen molar-refractivity contribution in [1.29, 1.82) is 0 Å². The highest BCUT2D eigenvalue weighted by molar-refractivity contribution is 5.97. The molecule has 1 aromatic heterocycles. The monoisotopic (exact) mass is 470 g/mol. The number of hydrogen-bond donors (Lipinski definition) is 1. The number of nitrogens with one attached hydrogen (secondary N) is 1. The van der Waals surface area contributed by atoms with Gasteiger partial charge in [-0.3, -0.25) is 9.59 Å². The summed E-state index contributed by atoms with van der Waals surface area (Å²) < 4.78 is 1.90. The van der Waals surface area contributed by atoms with E-state index >= 15 is 0 Å². The lowest BCUT2D eigenvalue weighted by molar-refractivity contribution is -0.712. The molecule has 0 radical (unpaired) electrons. The first-order valence-corrected chi connectivity index (χ1v) is 11.1. The zero-order valence-corrected chi connectivity index (χ0v) is 19.5. The number of halogens is 1. The van der Waals surface area contributed by atoms with Crippen molar-refractivity contribution in [2.24, 2.45) is 0 Å². The molecule has 1 amide bonds. The van der Waals surface area contributed by atoms with Gasteiger partial charge in [-0.25, -0.2) is 0 Å². The Morgan fingerprint density at radius 1 is 0.706 bits per heavy atom. The van der Waals surface area contributed by atoms with Crippen molar-refractivity contribution in [1.82, 2.24) is 5.32 Å². The molecule has 1 heterocycles. The van der Waals surface area contributed by atoms with Crippen molar-refractivity contribution < 1.29 is 26.6 Å². The fourth-order valence-corrected chi connectivity index (χ4v) is 4.07. The van der Waals surface area contributed by atoms with E-state index in [1.165, 1.54) is 0 Å². The van der Waals surface area contributed by atoms with E-state index < -0.39 is 6.04 Å². The van der Waals surface area contributed by atoms with E-state index in [0.29, 0.717) is 12.1 Å². The Morgan fingerprint density at radius 3 is 1.85 bits per heavy atom. The van der Waals surface area contributed by atoms with Gasteiger partial charge in [0.1, 0.15) is 0 Å². The number of pyridine rings is 1. The van der Waals surface area contributed by atoms with Crippen LogP contribution in [0.1, 0.15) is 39.9 Å². The van der Waals surface area contributed by atoms with E-state index in [2.05, 4.69) is 5.32 Å². The first-order valence-electron chi connectivity index (χ1n) is 11.1. The number of Topliss-reactive ketones (excluding diaryl/α,β-unsaturated/α-hetero) is 1. The Morgan fingerprint density at radius 2 is 1.24 bits per heavy atom. The maximum atomic E-state index is 13.6. The van der Waals surface area contributed by atoms with Crippen LogP contribution in [0, 0.1) is 0 Å². The fraction of sp³-hybridized carbons (Fsp3) is 0.138. The minimum Gasteiger partial charge on any atom is -1.00 e. The van der Waals surface area contributed by atoms with Gasteiger partial charge in [-0.05, 0) is 11.1 Å². The number of hydrogen-bond acceptors (Lipinski definition) is 2. The molecular weight excluding hydrogens is 444 g/mol. The molecule has 4 nitrogen and oxygen atoms in total. The molecule has 0 saturated heterocycles. The smallest absolute Gasteiger partial charge is 0.290 e. The van der Waals surface area contributed by atoms with Crippen LogP contribution in [0.25, 0.3) is 0 Å². The lowest BCUT2D eigenvalue weighted by Crippen LogP contribution is -3.00. The summed E-state index contributed by atoms with van der Waals surface area (Å²) in [5, 5.41) is 3.09. The summed E-state index contributed by atoms with van der Waals surface area (Å²) in [7, 11) is 0. The minimum absolute atomic E-state index is 0. The predicted octanol–water partition coefficient (Wildman–Crippen LogP) is 1.89. The molecular formula is C29H27ClN2O2. The number of aromatic nitrogens is 1. The van der Waals surface area contributed by atoms with E-state index in [0.717, 1.165) is 11.1 Å². The van der Waals surface area contributed by atoms with Gasteiger partial charge in [-0.2, -0.15) is 4.57 Å². The standard InChI is InChI=1S/C29H26N2O2.ClH/c32-27(25-17-9-3-10-18-25)21-26(24-15-7-2-8-16-24)28(31-19-11-4-12-20-31)29(33)30-22-23-13-5-1-6-14-23;/h1-20,26,28H,21-22H2;1H. The van der Waals surface area contributed by atoms with Crippen molar-refractivity contribution in [2.45, 2.75) is 24.9 Å². The van der Waals surface area contributed by atoms with Gasteiger partial charge in [0.05, 0.1) is 5.92 Å². The maximum Gasteiger partial charge on any atom is 0.290 e. The number of benzene rings is 3. The lowest BCUT2D eigenvalue weighted by atomic mass is 9.84. The van der Waals surface area contributed by atoms with Crippen molar-refractivity contribution in [3.8, 4) is 0 Å². The van der Waals surface area contributed by atoms with Crippen molar-refractivity contribution >= 4 is 11.7 Å². The van der Waals surface area contributed by atoms with Gasteiger partial charge in [-0.1, -0.05) is 97.1 Å². The predicted molar refractivity (Wildman–Crippen MR) is 129 cm³/mol. The molecule has 0 spiro atoms. The Kier molecular flexibility index (Phi) is 9.12. The van der Waals surface area contributed by atoms with E-state index in [1.54, 1.807) is 0 Å². The molecule has 1 N–H and O–H groups in total. The molecule has 172 valence electrons. The van der Waals surface area contributed by atoms with Gasteiger partial charge in [0, 0.05) is 30.7 Å². The summed E-state index contributed by atoms with van der Waals surface area (Å²) in [5.41, 5.74) is 2.64. The van der Waals surface area contributed by atoms with Gasteiger partial charge in [0.15, 0.2) is 18.2 Å². The van der Waals surface area contributed by atoms with Crippen LogP contribution in [0.2, 0.25) is 0 Å². The summed E-state index contributed by atoms with van der Waals surface area (Å²) in [5.74, 6) is -0.436. The van der Waals surface area contributed by atoms with E-state index in [4.69, 9.17) is 0 Å². The van der Waals surface area contributed by atoms with Crippen LogP contribution in [0.5, 0.6) is 0 Å². The third-order valence-corrected chi connectivity index (χ3v) is 5.75. The van der Waals surface area contributed by atoms with E-state index in [-0.39, 0.29) is 36.4 Å². The maximum absolute atomic E-state index is 13.6. The number of carbonyl (C=O) groups is 2. The van der Waals surface area contributed by atoms with Crippen LogP contribution in [0.3, 0.4) is 0 Å². The summed E-state index contributed by atoms with van der Waals surface area (Å²) in [6.45, 7) is 0.428. The van der Waals surface area contributed by atoms with Crippen LogP contribution >= 0.6 is 0 Å². The molecule has 0 fully saturated rings. The quantitative estimate of drug-likeness (QED) is 0.300. The summed E-state index contributed by atoms with van der Waals surface area (Å²) in [6, 6.07) is 34.1. The Balaban J connectivity index is 0.00000324. The topological polar surface area (TPSA) is 50.1 Å². The third-order valence-electron chi connectivity index (χ3n) is 5.75. The first-order chi connectivity index (χ1) is 16.2. The molecule has 0 aliphatic heterocycles. The van der Waals surface area contributed by atoms with E-state index in [1.807, 2.05) is 126 Å². The first kappa shape index (κ1) is 24.9. The van der Waals surface area contributed by atoms with Crippen LogP contribution < -0.4 is 22.3 Å². The van der Waals surface area contributed by atoms with Crippen molar-refractivity contribution in [3.05, 3.63) is 138 Å². The molecule has 2 atom stereocenters. The zero-order valence-electron chi connectivity index (χ0n) is 18.8. The average Bonchev–Trinajstić information content (AvgIpc) is 2.89. The highest BCUT2D eigenvalue weighted by Gasteiger charge is 2.38. The Hall–Kier alpha value is -3.76. The second-order valence-electron chi connectivity index (χ2n) is 7.98. The molecule has 5 heteroatoms. The number of rotatable bonds is 9. The fourth-order valence-electron chi connectivity index (χ4n) is 4.07. The second kappa shape index (κ2) is 12.5. The summed E-state index contributed by atoms with van der Waals surface area (Å²) in [6.07, 6.45) is 3.99. The molecule has 4 aromatic rings. The molecule has 0 aliphatic rings. The van der Waals surface area contributed by atoms with Crippen molar-refractivity contribution in [3.63, 3.8) is 0 Å². The van der Waals surface area contributed by atoms with Gasteiger partial charge >= 0.3 is 0 Å². The van der Waals surface area contributed by atoms with Crippen LogP contribution in [0.15, 0.2) is 122 Å². The molecule has 0 saturated carbocycles. The average molecular weight is 471 g/mol. The van der Waals surface area contributed by atoms with Gasteiger partial charge in [0.25, 0.3) is 5.91 Å². The van der Waals surface area contributed by atoms with Crippen LogP contribution in [-0.4, -0.2) is 11.7 Å². The zero-order chi connectivity index (χ0) is 22.9. The van der Waals surface area contributed by atoms with Gasteiger partial charge in [0.2, 0.25) is 6.04 Å². The molecule has 2 unspecified atom stereocenters. The third kappa shape index (κ3) is 6.40. The summed E-state index contributed by atoms with van der Waals surface area (Å²) in [4.78, 5) is 26.8. The number of ketones is 1. The Bertz CT molecular complexity index is 1170. The van der Waals surface area contributed by atoms with E-state index in [9.17, 15) is 9.59 Å². The molecule has 0 bridgehead atoms. The second-order valence-corrected chi connectivity index (χ2v) is 7.98. The van der Waals surface area contributed by atoms with Gasteiger partial charge in [-0.15, -0.1) is 0 Å². The van der Waals surface area contributed by atoms with Gasteiger partial charge < -0.3 is 17.7 Å². The molecule has 4 rings (SSSR count). The van der Waals surface area contributed by atoms with Crippen LogP contribution in [0.4, 0.5) is 0 Å².